The van der Waals surface area contributed by atoms with Crippen LogP contribution in [0.4, 0.5) is 19.0 Å². The molecule has 1 saturated carbocycles. The third-order valence-corrected chi connectivity index (χ3v) is 5.91. The van der Waals surface area contributed by atoms with Gasteiger partial charge in [0.1, 0.15) is 5.82 Å². The van der Waals surface area contributed by atoms with Crippen LogP contribution < -0.4 is 10.2 Å². The molecule has 2 aliphatic rings. The topological polar surface area (TPSA) is 31.4 Å². The number of nitrogens with zero attached hydrogens (tertiary/aromatic N) is 3. The van der Waals surface area contributed by atoms with Gasteiger partial charge in [0.25, 0.3) is 0 Å². The highest BCUT2D eigenvalue weighted by Crippen LogP contribution is 2.34. The summed E-state index contributed by atoms with van der Waals surface area (Å²) >= 11 is 6.08. The van der Waals surface area contributed by atoms with E-state index in [1.807, 2.05) is 11.8 Å². The van der Waals surface area contributed by atoms with Crippen molar-refractivity contribution < 1.29 is 13.2 Å². The van der Waals surface area contributed by atoms with E-state index in [-0.39, 0.29) is 5.02 Å². The minimum atomic E-state index is -4.42. The summed E-state index contributed by atoms with van der Waals surface area (Å²) in [5, 5.41) is 3.51. The Bertz CT molecular complexity index is 679. The predicted molar refractivity (Wildman–Crippen MR) is 107 cm³/mol. The molecule has 1 saturated heterocycles. The van der Waals surface area contributed by atoms with E-state index in [2.05, 4.69) is 21.8 Å². The zero-order chi connectivity index (χ0) is 20.3. The predicted octanol–water partition coefficient (Wildman–Crippen LogP) is 4.56. The Labute approximate surface area is 169 Å². The molecule has 1 aliphatic heterocycles. The molecule has 0 bridgehead atoms. The SMILES string of the molecule is C=C(C)NC1CCC(CN2CCN(c3ncc(C(F)(F)F)cc3Cl)CC2)CC1. The van der Waals surface area contributed by atoms with E-state index in [0.717, 1.165) is 50.7 Å². The summed E-state index contributed by atoms with van der Waals surface area (Å²) in [6.45, 7) is 10.2. The van der Waals surface area contributed by atoms with E-state index in [0.29, 0.717) is 17.8 Å². The number of pyridine rings is 1. The Morgan fingerprint density at radius 3 is 2.39 bits per heavy atom. The molecule has 1 aliphatic carbocycles. The van der Waals surface area contributed by atoms with Crippen LogP contribution in [0.15, 0.2) is 24.5 Å². The molecule has 2 fully saturated rings. The quantitative estimate of drug-likeness (QED) is 0.762. The van der Waals surface area contributed by atoms with Crippen molar-refractivity contribution in [2.24, 2.45) is 5.92 Å². The zero-order valence-corrected chi connectivity index (χ0v) is 17.0. The second kappa shape index (κ2) is 8.91. The van der Waals surface area contributed by atoms with Gasteiger partial charge in [-0.25, -0.2) is 4.98 Å². The van der Waals surface area contributed by atoms with Crippen molar-refractivity contribution in [2.45, 2.75) is 44.8 Å². The fraction of sp³-hybridized carbons (Fsp3) is 0.650. The van der Waals surface area contributed by atoms with E-state index in [1.165, 1.54) is 25.7 Å². The van der Waals surface area contributed by atoms with Gasteiger partial charge in [-0.3, -0.25) is 4.90 Å². The minimum Gasteiger partial charge on any atom is -0.386 e. The monoisotopic (exact) mass is 416 g/mol. The molecule has 0 unspecified atom stereocenters. The molecule has 8 heteroatoms. The molecule has 1 N–H and O–H groups in total. The highest BCUT2D eigenvalue weighted by molar-refractivity contribution is 6.33. The number of alkyl halides is 3. The largest absolute Gasteiger partial charge is 0.417 e. The molecule has 2 heterocycles. The maximum atomic E-state index is 12.8. The second-order valence-electron chi connectivity index (χ2n) is 7.96. The van der Waals surface area contributed by atoms with Crippen LogP contribution in [-0.2, 0) is 6.18 Å². The molecular formula is C20H28ClF3N4. The molecule has 0 radical (unpaired) electrons. The van der Waals surface area contributed by atoms with Crippen LogP contribution in [0.2, 0.25) is 5.02 Å². The molecule has 3 rings (SSSR count). The summed E-state index contributed by atoms with van der Waals surface area (Å²) in [5.74, 6) is 1.16. The Morgan fingerprint density at radius 2 is 1.86 bits per heavy atom. The van der Waals surface area contributed by atoms with Gasteiger partial charge in [0.15, 0.2) is 0 Å². The molecule has 0 amide bonds. The number of nitrogens with one attached hydrogen (secondary N) is 1. The number of piperazine rings is 1. The molecule has 156 valence electrons. The molecular weight excluding hydrogens is 389 g/mol. The van der Waals surface area contributed by atoms with Crippen LogP contribution in [-0.4, -0.2) is 48.6 Å². The van der Waals surface area contributed by atoms with Gasteiger partial charge in [-0.05, 0) is 44.6 Å². The molecule has 1 aromatic rings. The lowest BCUT2D eigenvalue weighted by atomic mass is 9.85. The number of aromatic nitrogens is 1. The van der Waals surface area contributed by atoms with Crippen molar-refractivity contribution in [3.63, 3.8) is 0 Å². The Hall–Kier alpha value is -1.47. The fourth-order valence-electron chi connectivity index (χ4n) is 4.16. The van der Waals surface area contributed by atoms with Gasteiger partial charge in [-0.15, -0.1) is 0 Å². The van der Waals surface area contributed by atoms with Gasteiger partial charge in [0.2, 0.25) is 0 Å². The lowest BCUT2D eigenvalue weighted by molar-refractivity contribution is -0.137. The van der Waals surface area contributed by atoms with Crippen molar-refractivity contribution in [3.8, 4) is 0 Å². The molecule has 4 nitrogen and oxygen atoms in total. The van der Waals surface area contributed by atoms with Gasteiger partial charge in [0.05, 0.1) is 10.6 Å². The van der Waals surface area contributed by atoms with Crippen LogP contribution in [0, 0.1) is 5.92 Å². The van der Waals surface area contributed by atoms with Crippen molar-refractivity contribution in [1.82, 2.24) is 15.2 Å². The second-order valence-corrected chi connectivity index (χ2v) is 8.36. The zero-order valence-electron chi connectivity index (χ0n) is 16.2. The third-order valence-electron chi connectivity index (χ3n) is 5.63. The van der Waals surface area contributed by atoms with E-state index in [1.54, 1.807) is 0 Å². The van der Waals surface area contributed by atoms with Gasteiger partial charge in [0, 0.05) is 50.7 Å². The number of halogens is 4. The van der Waals surface area contributed by atoms with Crippen LogP contribution in [0.5, 0.6) is 0 Å². The van der Waals surface area contributed by atoms with Crippen LogP contribution in [0.25, 0.3) is 0 Å². The average molecular weight is 417 g/mol. The summed E-state index contributed by atoms with van der Waals surface area (Å²) in [6.07, 6.45) is 1.25. The Balaban J connectivity index is 1.47. The number of hydrogen-bond acceptors (Lipinski definition) is 4. The van der Waals surface area contributed by atoms with Crippen LogP contribution in [0.1, 0.15) is 38.2 Å². The summed E-state index contributed by atoms with van der Waals surface area (Å²) in [5.41, 5.74) is 0.228. The van der Waals surface area contributed by atoms with Crippen LogP contribution >= 0.6 is 11.6 Å². The first-order valence-electron chi connectivity index (χ1n) is 9.84. The highest BCUT2D eigenvalue weighted by Gasteiger charge is 2.32. The lowest BCUT2D eigenvalue weighted by Crippen LogP contribution is -2.48. The van der Waals surface area contributed by atoms with Crippen molar-refractivity contribution in [2.75, 3.05) is 37.6 Å². The third kappa shape index (κ3) is 5.54. The number of hydrogen-bond donors (Lipinski definition) is 1. The molecule has 1 aromatic heterocycles. The first-order chi connectivity index (χ1) is 13.2. The maximum Gasteiger partial charge on any atom is 0.417 e. The number of rotatable bonds is 5. The summed E-state index contributed by atoms with van der Waals surface area (Å²) in [4.78, 5) is 8.41. The van der Waals surface area contributed by atoms with E-state index < -0.39 is 11.7 Å². The number of allylic oxidation sites excluding steroid dienone is 1. The van der Waals surface area contributed by atoms with Gasteiger partial charge in [-0.1, -0.05) is 18.2 Å². The summed E-state index contributed by atoms with van der Waals surface area (Å²) in [6, 6.07) is 1.52. The van der Waals surface area contributed by atoms with Crippen molar-refractivity contribution >= 4 is 17.4 Å². The van der Waals surface area contributed by atoms with Crippen molar-refractivity contribution in [1.29, 1.82) is 0 Å². The normalized spacial score (nSPS) is 24.2. The molecule has 0 aromatic carbocycles. The van der Waals surface area contributed by atoms with E-state index in [9.17, 15) is 13.2 Å². The van der Waals surface area contributed by atoms with E-state index in [4.69, 9.17) is 11.6 Å². The molecule has 0 spiro atoms. The molecule has 0 atom stereocenters. The first kappa shape index (κ1) is 21.2. The Kier molecular flexibility index (Phi) is 6.76. The average Bonchev–Trinajstić information content (AvgIpc) is 2.63. The van der Waals surface area contributed by atoms with Crippen LogP contribution in [0.3, 0.4) is 0 Å². The Morgan fingerprint density at radius 1 is 1.21 bits per heavy atom. The van der Waals surface area contributed by atoms with Gasteiger partial charge < -0.3 is 10.2 Å². The summed E-state index contributed by atoms with van der Waals surface area (Å²) in [7, 11) is 0. The smallest absolute Gasteiger partial charge is 0.386 e. The fourth-order valence-corrected chi connectivity index (χ4v) is 4.45. The molecule has 28 heavy (non-hydrogen) atoms. The highest BCUT2D eigenvalue weighted by atomic mass is 35.5. The first-order valence-corrected chi connectivity index (χ1v) is 10.2. The summed E-state index contributed by atoms with van der Waals surface area (Å²) < 4.78 is 38.3. The lowest BCUT2D eigenvalue weighted by Gasteiger charge is -2.39. The maximum absolute atomic E-state index is 12.8. The minimum absolute atomic E-state index is 0.0617. The van der Waals surface area contributed by atoms with Crippen molar-refractivity contribution in [3.05, 3.63) is 35.1 Å². The van der Waals surface area contributed by atoms with E-state index >= 15 is 0 Å². The van der Waals surface area contributed by atoms with Gasteiger partial charge >= 0.3 is 6.18 Å². The van der Waals surface area contributed by atoms with Gasteiger partial charge in [-0.2, -0.15) is 13.2 Å². The number of anilines is 1. The standard InChI is InChI=1S/C20H28ClF3N4/c1-14(2)26-17-5-3-15(4-6-17)13-27-7-9-28(10-8-27)19-18(21)11-16(12-25-19)20(22,23)24/h11-12,15,17,26H,1,3-10,13H2,2H3.